The van der Waals surface area contributed by atoms with Crippen LogP contribution >= 0.6 is 22.9 Å². The Morgan fingerprint density at radius 2 is 2.24 bits per heavy atom. The summed E-state index contributed by atoms with van der Waals surface area (Å²) in [6.07, 6.45) is 6.33. The lowest BCUT2D eigenvalue weighted by Gasteiger charge is -2.20. The molecule has 0 spiro atoms. The zero-order valence-electron chi connectivity index (χ0n) is 14.1. The van der Waals surface area contributed by atoms with E-state index in [1.54, 1.807) is 17.5 Å². The Kier molecular flexibility index (Phi) is 4.39. The highest BCUT2D eigenvalue weighted by Gasteiger charge is 2.37. The standard InChI is InChI=1S/C17H19ClN4O2S/c1-17(2,12-8-25-9-13(12)18)16-21-20-15(24-16)14-11(3-6-23-14)7-22-5-4-19-10-22/h4-5,8-11,14H,3,6-7H2,1-2H3/t11-,14-/m1/s1. The normalized spacial score (nSPS) is 21.1. The van der Waals surface area contributed by atoms with Crippen molar-refractivity contribution in [1.82, 2.24) is 19.7 Å². The fraction of sp³-hybridized carbons (Fsp3) is 0.471. The van der Waals surface area contributed by atoms with Crippen LogP contribution in [0.15, 0.2) is 33.9 Å². The zero-order chi connectivity index (χ0) is 17.4. The quantitative estimate of drug-likeness (QED) is 0.669. The molecule has 0 saturated carbocycles. The van der Waals surface area contributed by atoms with Crippen molar-refractivity contribution in [2.24, 2.45) is 5.92 Å². The van der Waals surface area contributed by atoms with Gasteiger partial charge in [0, 0.05) is 36.8 Å². The molecule has 1 saturated heterocycles. The van der Waals surface area contributed by atoms with Gasteiger partial charge in [0.2, 0.25) is 11.8 Å². The summed E-state index contributed by atoms with van der Waals surface area (Å²) in [6, 6.07) is 0. The summed E-state index contributed by atoms with van der Waals surface area (Å²) in [6.45, 7) is 5.59. The maximum atomic E-state index is 6.30. The summed E-state index contributed by atoms with van der Waals surface area (Å²) < 4.78 is 14.0. The molecule has 0 aromatic carbocycles. The Bertz CT molecular complexity index is 843. The van der Waals surface area contributed by atoms with Crippen molar-refractivity contribution in [3.05, 3.63) is 51.8 Å². The fourth-order valence-electron chi connectivity index (χ4n) is 3.20. The van der Waals surface area contributed by atoms with Gasteiger partial charge < -0.3 is 13.7 Å². The maximum absolute atomic E-state index is 6.30. The second-order valence-corrected chi connectivity index (χ2v) is 7.95. The van der Waals surface area contributed by atoms with Crippen LogP contribution in [-0.2, 0) is 16.7 Å². The Morgan fingerprint density at radius 1 is 1.36 bits per heavy atom. The second-order valence-electron chi connectivity index (χ2n) is 6.80. The van der Waals surface area contributed by atoms with Gasteiger partial charge in [0.1, 0.15) is 6.10 Å². The topological polar surface area (TPSA) is 66.0 Å². The first-order valence-corrected chi connectivity index (χ1v) is 9.51. The molecule has 1 aliphatic rings. The van der Waals surface area contributed by atoms with Crippen LogP contribution in [0.1, 0.15) is 43.7 Å². The summed E-state index contributed by atoms with van der Waals surface area (Å²) in [4.78, 5) is 4.09. The summed E-state index contributed by atoms with van der Waals surface area (Å²) in [5, 5.41) is 13.2. The van der Waals surface area contributed by atoms with Gasteiger partial charge in [-0.2, -0.15) is 11.3 Å². The van der Waals surface area contributed by atoms with Crippen LogP contribution in [-0.4, -0.2) is 26.4 Å². The van der Waals surface area contributed by atoms with Crippen LogP contribution in [0.3, 0.4) is 0 Å². The first-order chi connectivity index (χ1) is 12.1. The van der Waals surface area contributed by atoms with E-state index in [2.05, 4.69) is 19.7 Å². The number of aromatic nitrogens is 4. The van der Waals surface area contributed by atoms with E-state index < -0.39 is 5.41 Å². The van der Waals surface area contributed by atoms with Crippen LogP contribution in [0.5, 0.6) is 0 Å². The molecule has 8 heteroatoms. The highest BCUT2D eigenvalue weighted by atomic mass is 35.5. The highest BCUT2D eigenvalue weighted by molar-refractivity contribution is 7.08. The van der Waals surface area contributed by atoms with Crippen molar-refractivity contribution in [2.45, 2.75) is 38.3 Å². The van der Waals surface area contributed by atoms with Crippen LogP contribution in [0.25, 0.3) is 0 Å². The maximum Gasteiger partial charge on any atom is 0.245 e. The third-order valence-corrected chi connectivity index (χ3v) is 5.91. The van der Waals surface area contributed by atoms with E-state index in [4.69, 9.17) is 20.8 Å². The van der Waals surface area contributed by atoms with E-state index in [0.717, 1.165) is 23.6 Å². The summed E-state index contributed by atoms with van der Waals surface area (Å²) in [5.41, 5.74) is 0.553. The average molecular weight is 379 g/mol. The third kappa shape index (κ3) is 3.12. The third-order valence-electron chi connectivity index (χ3n) is 4.73. The predicted octanol–water partition coefficient (Wildman–Crippen LogP) is 4.08. The summed E-state index contributed by atoms with van der Waals surface area (Å²) in [5.74, 6) is 1.38. The minimum absolute atomic E-state index is 0.183. The number of thiophene rings is 1. The van der Waals surface area contributed by atoms with Gasteiger partial charge in [0.15, 0.2) is 0 Å². The van der Waals surface area contributed by atoms with E-state index in [9.17, 15) is 0 Å². The predicted molar refractivity (Wildman–Crippen MR) is 94.8 cm³/mol. The van der Waals surface area contributed by atoms with Crippen molar-refractivity contribution < 1.29 is 9.15 Å². The number of halogens is 1. The molecule has 0 N–H and O–H groups in total. The molecular formula is C17H19ClN4O2S. The van der Waals surface area contributed by atoms with Gasteiger partial charge in [-0.25, -0.2) is 4.98 Å². The molecule has 0 bridgehead atoms. The first-order valence-electron chi connectivity index (χ1n) is 8.19. The van der Waals surface area contributed by atoms with Gasteiger partial charge in [-0.3, -0.25) is 0 Å². The highest BCUT2D eigenvalue weighted by Crippen LogP contribution is 2.40. The summed E-state index contributed by atoms with van der Waals surface area (Å²) in [7, 11) is 0. The van der Waals surface area contributed by atoms with Crippen molar-refractivity contribution in [3.8, 4) is 0 Å². The van der Waals surface area contributed by atoms with Crippen LogP contribution in [0.2, 0.25) is 5.02 Å². The molecule has 0 unspecified atom stereocenters. The van der Waals surface area contributed by atoms with Gasteiger partial charge in [-0.15, -0.1) is 10.2 Å². The molecule has 1 aliphatic heterocycles. The largest absolute Gasteiger partial charge is 0.421 e. The van der Waals surface area contributed by atoms with E-state index in [0.29, 0.717) is 18.4 Å². The van der Waals surface area contributed by atoms with E-state index >= 15 is 0 Å². The van der Waals surface area contributed by atoms with E-state index in [-0.39, 0.29) is 12.0 Å². The van der Waals surface area contributed by atoms with Gasteiger partial charge in [-0.05, 0) is 31.2 Å². The molecule has 6 nitrogen and oxygen atoms in total. The molecule has 25 heavy (non-hydrogen) atoms. The molecule has 3 aromatic heterocycles. The molecule has 132 valence electrons. The number of ether oxygens (including phenoxy) is 1. The Hall–Kier alpha value is -1.70. The zero-order valence-corrected chi connectivity index (χ0v) is 15.6. The molecule has 0 aliphatic carbocycles. The van der Waals surface area contributed by atoms with Gasteiger partial charge in [0.05, 0.1) is 16.8 Å². The lowest BCUT2D eigenvalue weighted by molar-refractivity contribution is 0.0621. The molecule has 0 amide bonds. The van der Waals surface area contributed by atoms with Gasteiger partial charge in [-0.1, -0.05) is 11.6 Å². The lowest BCUT2D eigenvalue weighted by Crippen LogP contribution is -2.19. The van der Waals surface area contributed by atoms with Crippen LogP contribution < -0.4 is 0 Å². The minimum Gasteiger partial charge on any atom is -0.421 e. The van der Waals surface area contributed by atoms with Crippen molar-refractivity contribution in [2.75, 3.05) is 6.61 Å². The molecular weight excluding hydrogens is 360 g/mol. The molecule has 3 aromatic rings. The Morgan fingerprint density at radius 3 is 2.96 bits per heavy atom. The monoisotopic (exact) mass is 378 g/mol. The summed E-state index contributed by atoms with van der Waals surface area (Å²) >= 11 is 7.87. The molecule has 4 heterocycles. The van der Waals surface area contributed by atoms with Crippen LogP contribution in [0.4, 0.5) is 0 Å². The lowest BCUT2D eigenvalue weighted by atomic mass is 9.86. The van der Waals surface area contributed by atoms with Gasteiger partial charge >= 0.3 is 0 Å². The number of hydrogen-bond acceptors (Lipinski definition) is 6. The Balaban J connectivity index is 1.57. The van der Waals surface area contributed by atoms with Crippen molar-refractivity contribution in [3.63, 3.8) is 0 Å². The van der Waals surface area contributed by atoms with Gasteiger partial charge in [0.25, 0.3) is 0 Å². The average Bonchev–Trinajstić information content (AvgIpc) is 3.35. The number of imidazole rings is 1. The van der Waals surface area contributed by atoms with E-state index in [1.807, 2.05) is 37.1 Å². The number of nitrogens with zero attached hydrogens (tertiary/aromatic N) is 4. The Labute approximate surface area is 154 Å². The first kappa shape index (κ1) is 16.8. The second kappa shape index (κ2) is 6.55. The van der Waals surface area contributed by atoms with Crippen molar-refractivity contribution in [1.29, 1.82) is 0 Å². The number of hydrogen-bond donors (Lipinski definition) is 0. The molecule has 0 radical (unpaired) electrons. The van der Waals surface area contributed by atoms with Crippen LogP contribution in [0, 0.1) is 5.92 Å². The molecule has 4 rings (SSSR count). The minimum atomic E-state index is -0.444. The molecule has 2 atom stereocenters. The molecule has 1 fully saturated rings. The smallest absolute Gasteiger partial charge is 0.245 e. The van der Waals surface area contributed by atoms with Crippen molar-refractivity contribution >= 4 is 22.9 Å². The SMILES string of the molecule is CC(C)(c1nnc([C@@H]2OCC[C@@H]2Cn2ccnc2)o1)c1cscc1Cl. The fourth-order valence-corrected chi connectivity index (χ4v) is 4.59. The number of rotatable bonds is 5. The van der Waals surface area contributed by atoms with E-state index in [1.165, 1.54) is 0 Å².